The van der Waals surface area contributed by atoms with Crippen molar-refractivity contribution in [2.75, 3.05) is 19.7 Å². The van der Waals surface area contributed by atoms with E-state index in [0.29, 0.717) is 11.8 Å². The van der Waals surface area contributed by atoms with Crippen LogP contribution in [0.2, 0.25) is 0 Å². The molecule has 0 radical (unpaired) electrons. The molecule has 3 rings (SSSR count). The SMILES string of the molecule is Cc1ccc(OCC(N)=O)c(-c2cccc([C@H](C)N3CCCC3)c2)c1. The molecule has 1 aliphatic rings. The number of benzene rings is 2. The molecule has 25 heavy (non-hydrogen) atoms. The van der Waals surface area contributed by atoms with Crippen molar-refractivity contribution in [1.29, 1.82) is 0 Å². The van der Waals surface area contributed by atoms with Gasteiger partial charge < -0.3 is 10.5 Å². The summed E-state index contributed by atoms with van der Waals surface area (Å²) in [5.41, 5.74) is 9.78. The molecule has 4 nitrogen and oxygen atoms in total. The Hall–Kier alpha value is -2.33. The third-order valence-corrected chi connectivity index (χ3v) is 4.87. The molecular weight excluding hydrogens is 312 g/mol. The molecule has 1 saturated heterocycles. The number of ether oxygens (including phenoxy) is 1. The van der Waals surface area contributed by atoms with E-state index in [-0.39, 0.29) is 6.61 Å². The van der Waals surface area contributed by atoms with Crippen molar-refractivity contribution in [2.45, 2.75) is 32.7 Å². The van der Waals surface area contributed by atoms with Crippen molar-refractivity contribution in [3.05, 3.63) is 53.6 Å². The third-order valence-electron chi connectivity index (χ3n) is 4.87. The Morgan fingerprint density at radius 1 is 1.20 bits per heavy atom. The summed E-state index contributed by atoms with van der Waals surface area (Å²) in [6, 6.07) is 15.0. The van der Waals surface area contributed by atoms with Gasteiger partial charge in [0.15, 0.2) is 6.61 Å². The number of amides is 1. The third kappa shape index (κ3) is 4.20. The standard InChI is InChI=1S/C21H26N2O2/c1-15-8-9-20(25-14-21(22)24)19(12-15)18-7-5-6-17(13-18)16(2)23-10-3-4-11-23/h5-9,12-13,16H,3-4,10-11,14H2,1-2H3,(H2,22,24)/t16-/m0/s1. The number of primary amides is 1. The normalized spacial score (nSPS) is 15.9. The van der Waals surface area contributed by atoms with Crippen molar-refractivity contribution in [1.82, 2.24) is 4.90 Å². The Morgan fingerprint density at radius 2 is 1.96 bits per heavy atom. The summed E-state index contributed by atoms with van der Waals surface area (Å²) in [4.78, 5) is 13.6. The van der Waals surface area contributed by atoms with Crippen LogP contribution in [0.1, 0.15) is 36.9 Å². The molecule has 2 aromatic carbocycles. The maximum atomic E-state index is 11.1. The Bertz CT molecular complexity index is 751. The highest BCUT2D eigenvalue weighted by Crippen LogP contribution is 2.34. The van der Waals surface area contributed by atoms with Crippen molar-refractivity contribution in [3.8, 4) is 16.9 Å². The van der Waals surface area contributed by atoms with Crippen LogP contribution in [-0.4, -0.2) is 30.5 Å². The second-order valence-electron chi connectivity index (χ2n) is 6.80. The van der Waals surface area contributed by atoms with Gasteiger partial charge in [0, 0.05) is 11.6 Å². The van der Waals surface area contributed by atoms with E-state index in [1.54, 1.807) is 0 Å². The van der Waals surface area contributed by atoms with E-state index in [2.05, 4.69) is 49.1 Å². The largest absolute Gasteiger partial charge is 0.483 e. The quantitative estimate of drug-likeness (QED) is 0.874. The number of hydrogen-bond acceptors (Lipinski definition) is 3. The van der Waals surface area contributed by atoms with E-state index in [1.807, 2.05) is 12.1 Å². The van der Waals surface area contributed by atoms with Crippen molar-refractivity contribution in [3.63, 3.8) is 0 Å². The van der Waals surface area contributed by atoms with Crippen LogP contribution in [0.5, 0.6) is 5.75 Å². The lowest BCUT2D eigenvalue weighted by Gasteiger charge is -2.24. The van der Waals surface area contributed by atoms with Gasteiger partial charge in [0.25, 0.3) is 5.91 Å². The lowest BCUT2D eigenvalue weighted by molar-refractivity contribution is -0.119. The van der Waals surface area contributed by atoms with Crippen LogP contribution in [0.25, 0.3) is 11.1 Å². The number of likely N-dealkylation sites (tertiary alicyclic amines) is 1. The molecule has 2 aromatic rings. The van der Waals surface area contributed by atoms with E-state index >= 15 is 0 Å². The fraction of sp³-hybridized carbons (Fsp3) is 0.381. The molecular formula is C21H26N2O2. The summed E-state index contributed by atoms with van der Waals surface area (Å²) < 4.78 is 5.62. The van der Waals surface area contributed by atoms with Gasteiger partial charge in [-0.3, -0.25) is 9.69 Å². The zero-order valence-electron chi connectivity index (χ0n) is 15.0. The predicted molar refractivity (Wildman–Crippen MR) is 101 cm³/mol. The fourth-order valence-electron chi connectivity index (χ4n) is 3.45. The topological polar surface area (TPSA) is 55.6 Å². The van der Waals surface area contributed by atoms with Crippen LogP contribution in [0, 0.1) is 6.92 Å². The minimum atomic E-state index is -0.470. The van der Waals surface area contributed by atoms with Crippen LogP contribution in [0.4, 0.5) is 0 Å². The second-order valence-corrected chi connectivity index (χ2v) is 6.80. The minimum Gasteiger partial charge on any atom is -0.483 e. The number of nitrogens with zero attached hydrogens (tertiary/aromatic N) is 1. The second kappa shape index (κ2) is 7.70. The molecule has 0 unspecified atom stereocenters. The molecule has 0 spiro atoms. The number of hydrogen-bond donors (Lipinski definition) is 1. The van der Waals surface area contributed by atoms with Crippen LogP contribution >= 0.6 is 0 Å². The molecule has 2 N–H and O–H groups in total. The minimum absolute atomic E-state index is 0.111. The van der Waals surface area contributed by atoms with Crippen molar-refractivity contribution >= 4 is 5.91 Å². The Kier molecular flexibility index (Phi) is 5.39. The van der Waals surface area contributed by atoms with E-state index in [0.717, 1.165) is 16.7 Å². The first kappa shape index (κ1) is 17.5. The first-order chi connectivity index (χ1) is 12.0. The number of carbonyl (C=O) groups is 1. The molecule has 0 bridgehead atoms. The summed E-state index contributed by atoms with van der Waals surface area (Å²) in [5.74, 6) is 0.221. The van der Waals surface area contributed by atoms with Gasteiger partial charge in [-0.2, -0.15) is 0 Å². The van der Waals surface area contributed by atoms with Crippen LogP contribution in [0.3, 0.4) is 0 Å². The van der Waals surface area contributed by atoms with Crippen molar-refractivity contribution < 1.29 is 9.53 Å². The molecule has 1 amide bonds. The van der Waals surface area contributed by atoms with E-state index in [4.69, 9.17) is 10.5 Å². The van der Waals surface area contributed by atoms with Crippen LogP contribution < -0.4 is 10.5 Å². The molecule has 4 heteroatoms. The van der Waals surface area contributed by atoms with E-state index < -0.39 is 5.91 Å². The highest BCUT2D eigenvalue weighted by Gasteiger charge is 2.20. The van der Waals surface area contributed by atoms with Gasteiger partial charge in [0.1, 0.15) is 5.75 Å². The van der Waals surface area contributed by atoms with Gasteiger partial charge in [-0.15, -0.1) is 0 Å². The van der Waals surface area contributed by atoms with Gasteiger partial charge in [-0.1, -0.05) is 29.8 Å². The Morgan fingerprint density at radius 3 is 2.68 bits per heavy atom. The van der Waals surface area contributed by atoms with Gasteiger partial charge in [0.2, 0.25) is 0 Å². The maximum Gasteiger partial charge on any atom is 0.255 e. The average Bonchev–Trinajstić information content (AvgIpc) is 3.14. The Labute approximate surface area is 149 Å². The summed E-state index contributed by atoms with van der Waals surface area (Å²) in [6.45, 7) is 6.55. The predicted octanol–water partition coefficient (Wildman–Crippen LogP) is 3.68. The van der Waals surface area contributed by atoms with Crippen molar-refractivity contribution in [2.24, 2.45) is 5.73 Å². The zero-order chi connectivity index (χ0) is 17.8. The first-order valence-electron chi connectivity index (χ1n) is 8.91. The van der Waals surface area contributed by atoms with E-state index in [1.165, 1.54) is 31.5 Å². The van der Waals surface area contributed by atoms with Crippen LogP contribution in [0.15, 0.2) is 42.5 Å². The average molecular weight is 338 g/mol. The van der Waals surface area contributed by atoms with Gasteiger partial charge in [-0.25, -0.2) is 0 Å². The summed E-state index contributed by atoms with van der Waals surface area (Å²) in [7, 11) is 0. The highest BCUT2D eigenvalue weighted by molar-refractivity contribution is 5.76. The molecule has 1 fully saturated rings. The zero-order valence-corrected chi connectivity index (χ0v) is 15.0. The monoisotopic (exact) mass is 338 g/mol. The number of aryl methyl sites for hydroxylation is 1. The molecule has 1 aliphatic heterocycles. The lowest BCUT2D eigenvalue weighted by Crippen LogP contribution is -2.23. The van der Waals surface area contributed by atoms with Gasteiger partial charge in [-0.05, 0) is 69.1 Å². The maximum absolute atomic E-state index is 11.1. The molecule has 0 aliphatic carbocycles. The van der Waals surface area contributed by atoms with Crippen LogP contribution in [-0.2, 0) is 4.79 Å². The highest BCUT2D eigenvalue weighted by atomic mass is 16.5. The first-order valence-corrected chi connectivity index (χ1v) is 8.91. The molecule has 0 saturated carbocycles. The summed E-state index contributed by atoms with van der Waals surface area (Å²) >= 11 is 0. The number of nitrogens with two attached hydrogens (primary N) is 1. The molecule has 132 valence electrons. The summed E-state index contributed by atoms with van der Waals surface area (Å²) in [5, 5.41) is 0. The van der Waals surface area contributed by atoms with Gasteiger partial charge in [0.05, 0.1) is 0 Å². The summed E-state index contributed by atoms with van der Waals surface area (Å²) in [6.07, 6.45) is 2.57. The van der Waals surface area contributed by atoms with E-state index in [9.17, 15) is 4.79 Å². The smallest absolute Gasteiger partial charge is 0.255 e. The molecule has 1 heterocycles. The van der Waals surface area contributed by atoms with Gasteiger partial charge >= 0.3 is 0 Å². The number of rotatable bonds is 6. The lowest BCUT2D eigenvalue weighted by atomic mass is 9.97. The molecule has 1 atom stereocenters. The number of carbonyl (C=O) groups excluding carboxylic acids is 1. The molecule has 0 aromatic heterocycles. The fourth-order valence-corrected chi connectivity index (χ4v) is 3.45. The Balaban J connectivity index is 1.92.